The van der Waals surface area contributed by atoms with Crippen molar-refractivity contribution in [3.8, 4) is 0 Å². The van der Waals surface area contributed by atoms with E-state index in [0.29, 0.717) is 0 Å². The Morgan fingerprint density at radius 1 is 1.10 bits per heavy atom. The summed E-state index contributed by atoms with van der Waals surface area (Å²) in [6.45, 7) is 8.78. The molecule has 0 aromatic heterocycles. The van der Waals surface area contributed by atoms with E-state index in [0.717, 1.165) is 12.8 Å². The summed E-state index contributed by atoms with van der Waals surface area (Å²) in [4.78, 5) is 0. The molecule has 0 spiro atoms. The second-order valence-corrected chi connectivity index (χ2v) is 3.89. The summed E-state index contributed by atoms with van der Waals surface area (Å²) in [6, 6.07) is 0. The molecule has 1 aliphatic rings. The SMILES string of the molecule is CCC1(C)CC(C)(CC)O1. The molecular formula is C9H18O. The predicted molar refractivity (Wildman–Crippen MR) is 43.1 cm³/mol. The third kappa shape index (κ3) is 1.20. The first-order valence-electron chi connectivity index (χ1n) is 4.24. The average molecular weight is 142 g/mol. The van der Waals surface area contributed by atoms with E-state index in [-0.39, 0.29) is 11.2 Å². The van der Waals surface area contributed by atoms with Gasteiger partial charge in [-0.1, -0.05) is 13.8 Å². The van der Waals surface area contributed by atoms with Crippen LogP contribution in [-0.4, -0.2) is 11.2 Å². The fraction of sp³-hybridized carbons (Fsp3) is 1.00. The second-order valence-electron chi connectivity index (χ2n) is 3.89. The standard InChI is InChI=1S/C9H18O/c1-5-8(3)7-9(4,6-2)10-8/h5-7H2,1-4H3. The van der Waals surface area contributed by atoms with Gasteiger partial charge in [-0.3, -0.25) is 0 Å². The fourth-order valence-corrected chi connectivity index (χ4v) is 1.77. The van der Waals surface area contributed by atoms with E-state index in [1.807, 2.05) is 0 Å². The molecule has 1 aliphatic heterocycles. The minimum atomic E-state index is 0.199. The van der Waals surface area contributed by atoms with Crippen LogP contribution in [-0.2, 0) is 4.74 Å². The topological polar surface area (TPSA) is 9.23 Å². The number of hydrogen-bond donors (Lipinski definition) is 0. The van der Waals surface area contributed by atoms with Crippen molar-refractivity contribution in [1.29, 1.82) is 0 Å². The molecule has 1 saturated heterocycles. The van der Waals surface area contributed by atoms with Gasteiger partial charge in [0.15, 0.2) is 0 Å². The van der Waals surface area contributed by atoms with Gasteiger partial charge in [-0.2, -0.15) is 0 Å². The summed E-state index contributed by atoms with van der Waals surface area (Å²) < 4.78 is 5.81. The fourth-order valence-electron chi connectivity index (χ4n) is 1.77. The van der Waals surface area contributed by atoms with E-state index in [4.69, 9.17) is 4.74 Å². The van der Waals surface area contributed by atoms with Crippen molar-refractivity contribution in [3.05, 3.63) is 0 Å². The Bertz CT molecular complexity index is 109. The summed E-state index contributed by atoms with van der Waals surface area (Å²) in [7, 11) is 0. The molecule has 0 aromatic rings. The number of hydrogen-bond acceptors (Lipinski definition) is 1. The molecule has 0 radical (unpaired) electrons. The van der Waals surface area contributed by atoms with Crippen LogP contribution in [0.15, 0.2) is 0 Å². The molecule has 1 fully saturated rings. The Balaban J connectivity index is 2.42. The van der Waals surface area contributed by atoms with Crippen molar-refractivity contribution in [3.63, 3.8) is 0 Å². The van der Waals surface area contributed by atoms with Crippen LogP contribution in [0.1, 0.15) is 47.0 Å². The first-order chi connectivity index (χ1) is 4.54. The van der Waals surface area contributed by atoms with E-state index in [2.05, 4.69) is 27.7 Å². The highest BCUT2D eigenvalue weighted by Crippen LogP contribution is 2.44. The zero-order valence-corrected chi connectivity index (χ0v) is 7.53. The van der Waals surface area contributed by atoms with Gasteiger partial charge in [-0.25, -0.2) is 0 Å². The maximum atomic E-state index is 5.81. The van der Waals surface area contributed by atoms with Gasteiger partial charge >= 0.3 is 0 Å². The van der Waals surface area contributed by atoms with E-state index in [1.165, 1.54) is 6.42 Å². The molecule has 2 atom stereocenters. The number of rotatable bonds is 2. The lowest BCUT2D eigenvalue weighted by atomic mass is 9.78. The Morgan fingerprint density at radius 3 is 1.60 bits per heavy atom. The van der Waals surface area contributed by atoms with Gasteiger partial charge in [0.2, 0.25) is 0 Å². The lowest BCUT2D eigenvalue weighted by molar-refractivity contribution is -0.258. The van der Waals surface area contributed by atoms with Gasteiger partial charge < -0.3 is 4.74 Å². The minimum absolute atomic E-state index is 0.199. The summed E-state index contributed by atoms with van der Waals surface area (Å²) in [5.74, 6) is 0. The maximum Gasteiger partial charge on any atom is 0.0686 e. The van der Waals surface area contributed by atoms with Crippen LogP contribution in [0, 0.1) is 0 Å². The minimum Gasteiger partial charge on any atom is -0.369 e. The quantitative estimate of drug-likeness (QED) is 0.576. The van der Waals surface area contributed by atoms with Gasteiger partial charge in [-0.15, -0.1) is 0 Å². The van der Waals surface area contributed by atoms with Gasteiger partial charge in [-0.05, 0) is 26.7 Å². The Kier molecular flexibility index (Phi) is 1.80. The van der Waals surface area contributed by atoms with Crippen molar-refractivity contribution in [1.82, 2.24) is 0 Å². The van der Waals surface area contributed by atoms with Crippen LogP contribution >= 0.6 is 0 Å². The van der Waals surface area contributed by atoms with Crippen LogP contribution in [0.2, 0.25) is 0 Å². The monoisotopic (exact) mass is 142 g/mol. The molecule has 2 unspecified atom stereocenters. The van der Waals surface area contributed by atoms with Crippen LogP contribution in [0.5, 0.6) is 0 Å². The molecule has 0 N–H and O–H groups in total. The zero-order chi connectivity index (χ0) is 7.83. The van der Waals surface area contributed by atoms with Gasteiger partial charge in [0, 0.05) is 6.42 Å². The van der Waals surface area contributed by atoms with Gasteiger partial charge in [0.05, 0.1) is 11.2 Å². The highest BCUT2D eigenvalue weighted by Gasteiger charge is 2.47. The van der Waals surface area contributed by atoms with Gasteiger partial charge in [0.25, 0.3) is 0 Å². The Morgan fingerprint density at radius 2 is 1.40 bits per heavy atom. The molecule has 0 saturated carbocycles. The second kappa shape index (κ2) is 2.23. The smallest absolute Gasteiger partial charge is 0.0686 e. The molecule has 10 heavy (non-hydrogen) atoms. The lowest BCUT2D eigenvalue weighted by Gasteiger charge is -2.53. The summed E-state index contributed by atoms with van der Waals surface area (Å²) in [5, 5.41) is 0. The first-order valence-corrected chi connectivity index (χ1v) is 4.24. The van der Waals surface area contributed by atoms with Crippen molar-refractivity contribution in [2.45, 2.75) is 58.2 Å². The Labute approximate surface area is 63.8 Å². The van der Waals surface area contributed by atoms with Crippen LogP contribution in [0.3, 0.4) is 0 Å². The van der Waals surface area contributed by atoms with E-state index in [1.54, 1.807) is 0 Å². The summed E-state index contributed by atoms with van der Waals surface area (Å²) in [6.07, 6.45) is 3.51. The molecule has 0 amide bonds. The van der Waals surface area contributed by atoms with Crippen molar-refractivity contribution in [2.24, 2.45) is 0 Å². The average Bonchev–Trinajstić information content (AvgIpc) is 1.85. The molecule has 0 aliphatic carbocycles. The molecule has 1 heteroatoms. The van der Waals surface area contributed by atoms with E-state index >= 15 is 0 Å². The third-order valence-corrected chi connectivity index (χ3v) is 2.74. The molecule has 1 heterocycles. The highest BCUT2D eigenvalue weighted by molar-refractivity contribution is 4.96. The lowest BCUT2D eigenvalue weighted by Crippen LogP contribution is -2.55. The van der Waals surface area contributed by atoms with Crippen molar-refractivity contribution < 1.29 is 4.74 Å². The first kappa shape index (κ1) is 8.06. The van der Waals surface area contributed by atoms with Crippen LogP contribution in [0.4, 0.5) is 0 Å². The summed E-state index contributed by atoms with van der Waals surface area (Å²) >= 11 is 0. The highest BCUT2D eigenvalue weighted by atomic mass is 16.5. The molecule has 1 rings (SSSR count). The molecule has 0 bridgehead atoms. The van der Waals surface area contributed by atoms with Gasteiger partial charge in [0.1, 0.15) is 0 Å². The molecular weight excluding hydrogens is 124 g/mol. The van der Waals surface area contributed by atoms with Crippen LogP contribution in [0.25, 0.3) is 0 Å². The van der Waals surface area contributed by atoms with E-state index in [9.17, 15) is 0 Å². The maximum absolute atomic E-state index is 5.81. The zero-order valence-electron chi connectivity index (χ0n) is 7.53. The van der Waals surface area contributed by atoms with Crippen molar-refractivity contribution >= 4 is 0 Å². The molecule has 60 valence electrons. The molecule has 0 aromatic carbocycles. The predicted octanol–water partition coefficient (Wildman–Crippen LogP) is 2.74. The number of ether oxygens (including phenoxy) is 1. The van der Waals surface area contributed by atoms with E-state index < -0.39 is 0 Å². The van der Waals surface area contributed by atoms with Crippen molar-refractivity contribution in [2.75, 3.05) is 0 Å². The third-order valence-electron chi connectivity index (χ3n) is 2.74. The molecule has 1 nitrogen and oxygen atoms in total. The normalized spacial score (nSPS) is 46.8. The summed E-state index contributed by atoms with van der Waals surface area (Å²) in [5.41, 5.74) is 0.398. The largest absolute Gasteiger partial charge is 0.369 e. The van der Waals surface area contributed by atoms with Crippen LogP contribution < -0.4 is 0 Å². The Hall–Kier alpha value is -0.0400.